The zero-order chi connectivity index (χ0) is 11.4. The Bertz CT molecular complexity index is 357. The summed E-state index contributed by atoms with van der Waals surface area (Å²) in [5.74, 6) is 1.56. The van der Waals surface area contributed by atoms with Crippen molar-refractivity contribution in [3.05, 3.63) is 11.7 Å². The van der Waals surface area contributed by atoms with E-state index in [-0.39, 0.29) is 5.91 Å². The van der Waals surface area contributed by atoms with Crippen molar-refractivity contribution in [3.63, 3.8) is 0 Å². The topological polar surface area (TPSA) is 80.0 Å². The number of hydrogen-bond donors (Lipinski definition) is 2. The number of amides is 1. The third kappa shape index (κ3) is 3.03. The second kappa shape index (κ2) is 5.07. The Morgan fingerprint density at radius 2 is 2.56 bits per heavy atom. The number of carbonyl (C=O) groups is 1. The lowest BCUT2D eigenvalue weighted by atomic mass is 10.0. The summed E-state index contributed by atoms with van der Waals surface area (Å²) in [4.78, 5) is 15.6. The quantitative estimate of drug-likeness (QED) is 0.752. The van der Waals surface area contributed by atoms with E-state index in [1.807, 2.05) is 0 Å². The van der Waals surface area contributed by atoms with Gasteiger partial charge in [-0.15, -0.1) is 0 Å². The molecule has 1 amide bonds. The third-order valence-electron chi connectivity index (χ3n) is 2.65. The van der Waals surface area contributed by atoms with Gasteiger partial charge >= 0.3 is 0 Å². The Hall–Kier alpha value is -1.43. The molecule has 0 spiro atoms. The molecule has 0 saturated carbocycles. The highest BCUT2D eigenvalue weighted by Gasteiger charge is 2.17. The van der Waals surface area contributed by atoms with E-state index in [1.165, 1.54) is 0 Å². The van der Waals surface area contributed by atoms with Gasteiger partial charge in [0.2, 0.25) is 11.8 Å². The van der Waals surface area contributed by atoms with E-state index in [4.69, 9.17) is 4.52 Å². The molecule has 16 heavy (non-hydrogen) atoms. The summed E-state index contributed by atoms with van der Waals surface area (Å²) in [6, 6.07) is 0. The second-order valence-electron chi connectivity index (χ2n) is 4.07. The van der Waals surface area contributed by atoms with E-state index in [2.05, 4.69) is 20.8 Å². The molecule has 0 aliphatic carbocycles. The Morgan fingerprint density at radius 3 is 3.19 bits per heavy atom. The lowest BCUT2D eigenvalue weighted by Gasteiger charge is -2.07. The minimum Gasteiger partial charge on any atom is -0.349 e. The summed E-state index contributed by atoms with van der Waals surface area (Å²) in [6.45, 7) is 4.02. The number of aryl methyl sites for hydroxylation is 1. The van der Waals surface area contributed by atoms with Gasteiger partial charge in [-0.25, -0.2) is 0 Å². The van der Waals surface area contributed by atoms with E-state index in [9.17, 15) is 4.79 Å². The largest absolute Gasteiger partial charge is 0.349 e. The maximum Gasteiger partial charge on any atom is 0.223 e. The van der Waals surface area contributed by atoms with Crippen molar-refractivity contribution >= 4 is 5.91 Å². The van der Waals surface area contributed by atoms with Crippen LogP contribution < -0.4 is 10.6 Å². The first-order valence-corrected chi connectivity index (χ1v) is 5.50. The molecule has 0 bridgehead atoms. The summed E-state index contributed by atoms with van der Waals surface area (Å²) in [5.41, 5.74) is 0. The SMILES string of the molecule is Cc1nc(CNC(=O)CC2CCNC2)no1. The molecule has 6 heteroatoms. The van der Waals surface area contributed by atoms with Crippen LogP contribution in [0.1, 0.15) is 24.6 Å². The van der Waals surface area contributed by atoms with Crippen molar-refractivity contribution < 1.29 is 9.32 Å². The van der Waals surface area contributed by atoms with Gasteiger partial charge < -0.3 is 15.2 Å². The standard InChI is InChI=1S/C10H16N4O2/c1-7-13-9(14-16-7)6-12-10(15)4-8-2-3-11-5-8/h8,11H,2-6H2,1H3,(H,12,15). The summed E-state index contributed by atoms with van der Waals surface area (Å²) in [7, 11) is 0. The highest BCUT2D eigenvalue weighted by atomic mass is 16.5. The van der Waals surface area contributed by atoms with Crippen LogP contribution in [0.2, 0.25) is 0 Å². The fourth-order valence-corrected chi connectivity index (χ4v) is 1.81. The van der Waals surface area contributed by atoms with Gasteiger partial charge in [-0.1, -0.05) is 5.16 Å². The number of nitrogens with one attached hydrogen (secondary N) is 2. The molecule has 2 heterocycles. The number of hydrogen-bond acceptors (Lipinski definition) is 5. The van der Waals surface area contributed by atoms with Crippen LogP contribution in [0.5, 0.6) is 0 Å². The Kier molecular flexibility index (Phi) is 3.51. The lowest BCUT2D eigenvalue weighted by molar-refractivity contribution is -0.122. The molecule has 1 unspecified atom stereocenters. The van der Waals surface area contributed by atoms with E-state index in [0.29, 0.717) is 30.6 Å². The second-order valence-corrected chi connectivity index (χ2v) is 4.07. The van der Waals surface area contributed by atoms with Crippen LogP contribution in [-0.4, -0.2) is 29.1 Å². The van der Waals surface area contributed by atoms with Gasteiger partial charge in [0.15, 0.2) is 5.82 Å². The smallest absolute Gasteiger partial charge is 0.223 e. The fourth-order valence-electron chi connectivity index (χ4n) is 1.81. The molecule has 1 aliphatic rings. The zero-order valence-corrected chi connectivity index (χ0v) is 9.32. The maximum absolute atomic E-state index is 11.6. The zero-order valence-electron chi connectivity index (χ0n) is 9.32. The Labute approximate surface area is 93.8 Å². The molecule has 2 N–H and O–H groups in total. The first kappa shape index (κ1) is 11.1. The van der Waals surface area contributed by atoms with Gasteiger partial charge in [-0.2, -0.15) is 4.98 Å². The first-order valence-electron chi connectivity index (χ1n) is 5.50. The van der Waals surface area contributed by atoms with Crippen LogP contribution >= 0.6 is 0 Å². The molecule has 1 atom stereocenters. The number of aromatic nitrogens is 2. The molecule has 6 nitrogen and oxygen atoms in total. The molecule has 1 saturated heterocycles. The van der Waals surface area contributed by atoms with Crippen LogP contribution in [0.25, 0.3) is 0 Å². The number of rotatable bonds is 4. The predicted molar refractivity (Wildman–Crippen MR) is 56.5 cm³/mol. The summed E-state index contributed by atoms with van der Waals surface area (Å²) >= 11 is 0. The van der Waals surface area contributed by atoms with Crippen LogP contribution in [0, 0.1) is 12.8 Å². The molecule has 88 valence electrons. The van der Waals surface area contributed by atoms with E-state index < -0.39 is 0 Å². The third-order valence-corrected chi connectivity index (χ3v) is 2.65. The molecule has 0 aromatic carbocycles. The maximum atomic E-state index is 11.6. The van der Waals surface area contributed by atoms with Crippen molar-refractivity contribution in [2.45, 2.75) is 26.3 Å². The fraction of sp³-hybridized carbons (Fsp3) is 0.700. The lowest BCUT2D eigenvalue weighted by Crippen LogP contribution is -2.26. The van der Waals surface area contributed by atoms with Gasteiger partial charge in [-0.3, -0.25) is 4.79 Å². The van der Waals surface area contributed by atoms with Crippen molar-refractivity contribution in [2.75, 3.05) is 13.1 Å². The number of carbonyl (C=O) groups excluding carboxylic acids is 1. The predicted octanol–water partition coefficient (Wildman–Crippen LogP) is -0.00618. The van der Waals surface area contributed by atoms with Crippen molar-refractivity contribution in [1.29, 1.82) is 0 Å². The number of nitrogens with zero attached hydrogens (tertiary/aromatic N) is 2. The first-order chi connectivity index (χ1) is 7.74. The average Bonchev–Trinajstić information content (AvgIpc) is 2.87. The van der Waals surface area contributed by atoms with E-state index in [1.54, 1.807) is 6.92 Å². The minimum absolute atomic E-state index is 0.0520. The summed E-state index contributed by atoms with van der Waals surface area (Å²) in [5, 5.41) is 9.73. The van der Waals surface area contributed by atoms with Crippen LogP contribution in [0.15, 0.2) is 4.52 Å². The molecule has 1 aromatic rings. The van der Waals surface area contributed by atoms with E-state index in [0.717, 1.165) is 19.5 Å². The van der Waals surface area contributed by atoms with Gasteiger partial charge in [0.05, 0.1) is 6.54 Å². The molecule has 0 radical (unpaired) electrons. The van der Waals surface area contributed by atoms with Crippen molar-refractivity contribution in [1.82, 2.24) is 20.8 Å². The minimum atomic E-state index is 0.0520. The van der Waals surface area contributed by atoms with Gasteiger partial charge in [0.1, 0.15) is 0 Å². The molecule has 1 aromatic heterocycles. The summed E-state index contributed by atoms with van der Waals surface area (Å²) < 4.78 is 4.81. The highest BCUT2D eigenvalue weighted by Crippen LogP contribution is 2.11. The molecular formula is C10H16N4O2. The van der Waals surface area contributed by atoms with Crippen LogP contribution in [0.3, 0.4) is 0 Å². The van der Waals surface area contributed by atoms with E-state index >= 15 is 0 Å². The van der Waals surface area contributed by atoms with Crippen LogP contribution in [0.4, 0.5) is 0 Å². The summed E-state index contributed by atoms with van der Waals surface area (Å²) in [6.07, 6.45) is 1.65. The van der Waals surface area contributed by atoms with Gasteiger partial charge in [0, 0.05) is 13.3 Å². The van der Waals surface area contributed by atoms with Gasteiger partial charge in [-0.05, 0) is 25.4 Å². The molecule has 2 rings (SSSR count). The molecular weight excluding hydrogens is 208 g/mol. The van der Waals surface area contributed by atoms with Crippen molar-refractivity contribution in [3.8, 4) is 0 Å². The molecule has 1 fully saturated rings. The Balaban J connectivity index is 1.71. The normalized spacial score (nSPS) is 19.9. The average molecular weight is 224 g/mol. The Morgan fingerprint density at radius 1 is 1.69 bits per heavy atom. The highest BCUT2D eigenvalue weighted by molar-refractivity contribution is 5.76. The van der Waals surface area contributed by atoms with Crippen molar-refractivity contribution in [2.24, 2.45) is 5.92 Å². The van der Waals surface area contributed by atoms with Crippen LogP contribution in [-0.2, 0) is 11.3 Å². The molecule has 1 aliphatic heterocycles. The monoisotopic (exact) mass is 224 g/mol. The van der Waals surface area contributed by atoms with Gasteiger partial charge in [0.25, 0.3) is 0 Å².